The summed E-state index contributed by atoms with van der Waals surface area (Å²) in [5, 5.41) is 6.49. The van der Waals surface area contributed by atoms with E-state index in [9.17, 15) is 13.2 Å². The molecule has 1 fully saturated rings. The quantitative estimate of drug-likeness (QED) is 0.845. The summed E-state index contributed by atoms with van der Waals surface area (Å²) in [6.07, 6.45) is 0.451. The van der Waals surface area contributed by atoms with Crippen LogP contribution in [0.1, 0.15) is 12.3 Å². The molecule has 1 atom stereocenters. The van der Waals surface area contributed by atoms with Gasteiger partial charge in [0.1, 0.15) is 5.75 Å². The number of sulfone groups is 1. The Hall–Kier alpha value is -2.42. The van der Waals surface area contributed by atoms with Gasteiger partial charge in [0.25, 0.3) is 5.91 Å². The van der Waals surface area contributed by atoms with Crippen LogP contribution in [0.2, 0.25) is 0 Å². The van der Waals surface area contributed by atoms with Crippen molar-refractivity contribution in [2.75, 3.05) is 18.1 Å². The molecule has 1 N–H and O–H groups in total. The average molecular weight is 351 g/mol. The van der Waals surface area contributed by atoms with Gasteiger partial charge >= 0.3 is 0 Å². The minimum atomic E-state index is -3.01. The Balaban J connectivity index is 1.50. The highest BCUT2D eigenvalue weighted by molar-refractivity contribution is 7.91. The third-order valence-corrected chi connectivity index (χ3v) is 5.38. The molecule has 1 unspecified atom stereocenters. The molecule has 1 aromatic carbocycles. The summed E-state index contributed by atoms with van der Waals surface area (Å²) < 4.78 is 33.0. The molecule has 128 valence electrons. The number of benzene rings is 1. The molecule has 0 saturated carbocycles. The maximum absolute atomic E-state index is 11.8. The smallest absolute Gasteiger partial charge is 0.258 e. The van der Waals surface area contributed by atoms with Crippen LogP contribution in [0.3, 0.4) is 0 Å². The summed E-state index contributed by atoms with van der Waals surface area (Å²) in [6, 6.07) is 6.61. The molecule has 2 aromatic rings. The zero-order chi connectivity index (χ0) is 17.2. The van der Waals surface area contributed by atoms with Crippen LogP contribution in [0.4, 0.5) is 0 Å². The third kappa shape index (κ3) is 4.10. The number of aryl methyl sites for hydroxylation is 1. The van der Waals surface area contributed by atoms with Crippen molar-refractivity contribution >= 4 is 15.7 Å². The molecule has 1 saturated heterocycles. The maximum Gasteiger partial charge on any atom is 0.258 e. The molecule has 1 aliphatic heterocycles. The summed E-state index contributed by atoms with van der Waals surface area (Å²) in [5.41, 5.74) is 0.778. The first-order valence-corrected chi connectivity index (χ1v) is 9.27. The van der Waals surface area contributed by atoms with Crippen molar-refractivity contribution in [1.82, 2.24) is 15.5 Å². The third-order valence-electron chi connectivity index (χ3n) is 3.61. The van der Waals surface area contributed by atoms with E-state index < -0.39 is 9.84 Å². The highest BCUT2D eigenvalue weighted by Gasteiger charge is 2.28. The van der Waals surface area contributed by atoms with Crippen LogP contribution in [0.25, 0.3) is 11.4 Å². The van der Waals surface area contributed by atoms with Crippen molar-refractivity contribution < 1.29 is 22.5 Å². The molecule has 9 heteroatoms. The van der Waals surface area contributed by atoms with Gasteiger partial charge in [-0.3, -0.25) is 4.79 Å². The molecular weight excluding hydrogens is 334 g/mol. The van der Waals surface area contributed by atoms with Crippen molar-refractivity contribution in [3.63, 3.8) is 0 Å². The molecule has 0 bridgehead atoms. The Morgan fingerprint density at radius 2 is 2.12 bits per heavy atom. The zero-order valence-electron chi connectivity index (χ0n) is 13.1. The number of aromatic nitrogens is 2. The maximum atomic E-state index is 11.8. The summed E-state index contributed by atoms with van der Waals surface area (Å²) in [7, 11) is -3.01. The fourth-order valence-corrected chi connectivity index (χ4v) is 4.12. The lowest BCUT2D eigenvalue weighted by atomic mass is 10.2. The minimum absolute atomic E-state index is 0.00243. The Morgan fingerprint density at radius 1 is 1.38 bits per heavy atom. The molecule has 8 nitrogen and oxygen atoms in total. The predicted octanol–water partition coefficient (Wildman–Crippen LogP) is 0.727. The molecular formula is C15H17N3O5S. The second kappa shape index (κ2) is 6.60. The fourth-order valence-electron chi connectivity index (χ4n) is 2.44. The topological polar surface area (TPSA) is 111 Å². The van der Waals surface area contributed by atoms with E-state index in [4.69, 9.17) is 9.26 Å². The van der Waals surface area contributed by atoms with Gasteiger partial charge in [0.15, 0.2) is 16.4 Å². The van der Waals surface area contributed by atoms with Crippen LogP contribution in [0, 0.1) is 6.92 Å². The highest BCUT2D eigenvalue weighted by atomic mass is 32.2. The molecule has 3 rings (SSSR count). The van der Waals surface area contributed by atoms with Crippen molar-refractivity contribution in [3.8, 4) is 17.1 Å². The van der Waals surface area contributed by atoms with Gasteiger partial charge in [-0.1, -0.05) is 5.16 Å². The van der Waals surface area contributed by atoms with Gasteiger partial charge in [-0.2, -0.15) is 4.98 Å². The molecule has 1 amide bonds. The zero-order valence-corrected chi connectivity index (χ0v) is 13.9. The predicted molar refractivity (Wildman–Crippen MR) is 85.2 cm³/mol. The van der Waals surface area contributed by atoms with E-state index in [-0.39, 0.29) is 30.1 Å². The first-order chi connectivity index (χ1) is 11.4. The van der Waals surface area contributed by atoms with Gasteiger partial charge in [0.2, 0.25) is 11.7 Å². The lowest BCUT2D eigenvalue weighted by Crippen LogP contribution is -2.38. The largest absolute Gasteiger partial charge is 0.484 e. The fraction of sp³-hybridized carbons (Fsp3) is 0.400. The van der Waals surface area contributed by atoms with Gasteiger partial charge < -0.3 is 14.6 Å². The van der Waals surface area contributed by atoms with Crippen molar-refractivity contribution in [2.24, 2.45) is 0 Å². The molecule has 1 aromatic heterocycles. The summed E-state index contributed by atoms with van der Waals surface area (Å²) in [5.74, 6) is 1.27. The number of nitrogens with one attached hydrogen (secondary N) is 1. The van der Waals surface area contributed by atoms with Crippen LogP contribution in [-0.2, 0) is 14.6 Å². The summed E-state index contributed by atoms with van der Waals surface area (Å²) in [4.78, 5) is 15.9. The highest BCUT2D eigenvalue weighted by Crippen LogP contribution is 2.19. The lowest BCUT2D eigenvalue weighted by molar-refractivity contribution is -0.123. The Morgan fingerprint density at radius 3 is 2.71 bits per heavy atom. The standard InChI is InChI=1S/C15H17N3O5S/c1-10-16-15(18-23-10)11-2-4-13(5-3-11)22-8-14(19)17-12-6-7-24(20,21)9-12/h2-5,12H,6-9H2,1H3,(H,17,19). The first kappa shape index (κ1) is 16.4. The van der Waals surface area contributed by atoms with E-state index in [0.29, 0.717) is 23.9 Å². The summed E-state index contributed by atoms with van der Waals surface area (Å²) >= 11 is 0. The van der Waals surface area contributed by atoms with E-state index in [1.165, 1.54) is 0 Å². The average Bonchev–Trinajstić information content (AvgIpc) is 3.11. The summed E-state index contributed by atoms with van der Waals surface area (Å²) in [6.45, 7) is 1.54. The number of nitrogens with zero attached hydrogens (tertiary/aromatic N) is 2. The number of rotatable bonds is 5. The first-order valence-electron chi connectivity index (χ1n) is 7.45. The van der Waals surface area contributed by atoms with Crippen LogP contribution in [-0.4, -0.2) is 48.6 Å². The molecule has 0 spiro atoms. The van der Waals surface area contributed by atoms with Gasteiger partial charge in [0, 0.05) is 18.5 Å². The second-order valence-corrected chi connectivity index (χ2v) is 7.85. The molecule has 0 radical (unpaired) electrons. The van der Waals surface area contributed by atoms with Gasteiger partial charge in [-0.05, 0) is 30.7 Å². The van der Waals surface area contributed by atoms with E-state index in [1.807, 2.05) is 0 Å². The van der Waals surface area contributed by atoms with E-state index in [2.05, 4.69) is 15.5 Å². The van der Waals surface area contributed by atoms with Gasteiger partial charge in [-0.25, -0.2) is 8.42 Å². The molecule has 1 aliphatic rings. The SMILES string of the molecule is Cc1nc(-c2ccc(OCC(=O)NC3CCS(=O)(=O)C3)cc2)no1. The van der Waals surface area contributed by atoms with Crippen molar-refractivity contribution in [1.29, 1.82) is 0 Å². The van der Waals surface area contributed by atoms with E-state index in [1.54, 1.807) is 31.2 Å². The van der Waals surface area contributed by atoms with Crippen LogP contribution in [0.5, 0.6) is 5.75 Å². The minimum Gasteiger partial charge on any atom is -0.484 e. The number of carbonyl (C=O) groups is 1. The van der Waals surface area contributed by atoms with Crippen molar-refractivity contribution in [2.45, 2.75) is 19.4 Å². The number of amides is 1. The van der Waals surface area contributed by atoms with Crippen LogP contribution < -0.4 is 10.1 Å². The number of hydrogen-bond acceptors (Lipinski definition) is 7. The Labute approximate surface area is 139 Å². The van der Waals surface area contributed by atoms with Crippen LogP contribution in [0.15, 0.2) is 28.8 Å². The number of carbonyl (C=O) groups excluding carboxylic acids is 1. The van der Waals surface area contributed by atoms with Crippen LogP contribution >= 0.6 is 0 Å². The molecule has 24 heavy (non-hydrogen) atoms. The number of ether oxygens (including phenoxy) is 1. The normalized spacial score (nSPS) is 19.1. The monoisotopic (exact) mass is 351 g/mol. The second-order valence-electron chi connectivity index (χ2n) is 5.62. The molecule has 2 heterocycles. The lowest BCUT2D eigenvalue weighted by Gasteiger charge is -2.11. The molecule has 0 aliphatic carbocycles. The van der Waals surface area contributed by atoms with E-state index in [0.717, 1.165) is 5.56 Å². The Bertz CT molecular complexity index is 829. The van der Waals surface area contributed by atoms with E-state index >= 15 is 0 Å². The van der Waals surface area contributed by atoms with Gasteiger partial charge in [0.05, 0.1) is 11.5 Å². The Kier molecular flexibility index (Phi) is 4.52. The van der Waals surface area contributed by atoms with Crippen molar-refractivity contribution in [3.05, 3.63) is 30.2 Å². The number of hydrogen-bond donors (Lipinski definition) is 1. The van der Waals surface area contributed by atoms with Gasteiger partial charge in [-0.15, -0.1) is 0 Å².